The van der Waals surface area contributed by atoms with E-state index >= 15 is 0 Å². The standard InChI is InChI=1S/C24H34N4O2S.HI/c1-25-24(26-16-22(23-8-5-15-31-23)27-11-13-29-14-12-27)28-10-9-21(17-28)19-30-18-20-6-3-2-4-7-20;/h2-8,15,21-22H,9-14,16-19H2,1H3,(H,25,26);1H. The molecule has 8 heteroatoms. The maximum atomic E-state index is 5.99. The van der Waals surface area contributed by atoms with Crippen molar-refractivity contribution in [3.05, 3.63) is 58.3 Å². The van der Waals surface area contributed by atoms with Crippen LogP contribution < -0.4 is 5.32 Å². The van der Waals surface area contributed by atoms with Crippen LogP contribution in [0.3, 0.4) is 0 Å². The van der Waals surface area contributed by atoms with Crippen molar-refractivity contribution in [2.75, 3.05) is 59.6 Å². The van der Waals surface area contributed by atoms with E-state index in [9.17, 15) is 0 Å². The Balaban J connectivity index is 0.00000289. The lowest BCUT2D eigenvalue weighted by molar-refractivity contribution is 0.0176. The molecule has 176 valence electrons. The third-order valence-corrected chi connectivity index (χ3v) is 7.05. The van der Waals surface area contributed by atoms with Gasteiger partial charge in [0.25, 0.3) is 0 Å². The molecule has 2 atom stereocenters. The number of likely N-dealkylation sites (tertiary alicyclic amines) is 1. The van der Waals surface area contributed by atoms with Crippen LogP contribution in [-0.2, 0) is 16.1 Å². The van der Waals surface area contributed by atoms with E-state index in [0.717, 1.165) is 64.9 Å². The van der Waals surface area contributed by atoms with Gasteiger partial charge in [0, 0.05) is 50.6 Å². The highest BCUT2D eigenvalue weighted by atomic mass is 127. The van der Waals surface area contributed by atoms with Crippen molar-refractivity contribution < 1.29 is 9.47 Å². The maximum absolute atomic E-state index is 5.99. The number of nitrogens with one attached hydrogen (secondary N) is 1. The third-order valence-electron chi connectivity index (χ3n) is 6.07. The maximum Gasteiger partial charge on any atom is 0.193 e. The van der Waals surface area contributed by atoms with Crippen LogP contribution in [0.5, 0.6) is 0 Å². The first-order chi connectivity index (χ1) is 15.3. The Kier molecular flexibility index (Phi) is 10.7. The molecule has 2 saturated heterocycles. The average Bonchev–Trinajstić information content (AvgIpc) is 3.51. The summed E-state index contributed by atoms with van der Waals surface area (Å²) in [6.07, 6.45) is 1.15. The minimum Gasteiger partial charge on any atom is -0.379 e. The zero-order valence-electron chi connectivity index (χ0n) is 18.8. The Bertz CT molecular complexity index is 800. The summed E-state index contributed by atoms with van der Waals surface area (Å²) in [5.41, 5.74) is 1.23. The largest absolute Gasteiger partial charge is 0.379 e. The highest BCUT2D eigenvalue weighted by molar-refractivity contribution is 14.0. The number of hydrogen-bond donors (Lipinski definition) is 1. The van der Waals surface area contributed by atoms with Gasteiger partial charge in [-0.2, -0.15) is 0 Å². The molecule has 4 rings (SSSR count). The Labute approximate surface area is 213 Å². The van der Waals surface area contributed by atoms with Crippen LogP contribution >= 0.6 is 35.3 Å². The van der Waals surface area contributed by atoms with Crippen LogP contribution in [0.15, 0.2) is 52.8 Å². The minimum absolute atomic E-state index is 0. The number of benzene rings is 1. The molecule has 1 aromatic heterocycles. The molecule has 0 spiro atoms. The summed E-state index contributed by atoms with van der Waals surface area (Å²) in [7, 11) is 1.89. The fourth-order valence-electron chi connectivity index (χ4n) is 4.38. The molecule has 0 bridgehead atoms. The molecule has 0 aliphatic carbocycles. The first-order valence-corrected chi connectivity index (χ1v) is 12.1. The first-order valence-electron chi connectivity index (χ1n) is 11.3. The van der Waals surface area contributed by atoms with Crippen LogP contribution in [0, 0.1) is 5.92 Å². The predicted octanol–water partition coefficient (Wildman–Crippen LogP) is 3.85. The average molecular weight is 571 g/mol. The number of thiophene rings is 1. The van der Waals surface area contributed by atoms with E-state index in [1.54, 1.807) is 0 Å². The highest BCUT2D eigenvalue weighted by Gasteiger charge is 2.27. The van der Waals surface area contributed by atoms with Gasteiger partial charge in [-0.1, -0.05) is 36.4 Å². The van der Waals surface area contributed by atoms with Gasteiger partial charge in [-0.05, 0) is 23.4 Å². The second-order valence-electron chi connectivity index (χ2n) is 8.21. The Morgan fingerprint density at radius 1 is 1.19 bits per heavy atom. The molecular weight excluding hydrogens is 535 g/mol. The van der Waals surface area contributed by atoms with E-state index in [0.29, 0.717) is 18.6 Å². The first kappa shape index (κ1) is 25.4. The van der Waals surface area contributed by atoms with Crippen molar-refractivity contribution >= 4 is 41.3 Å². The van der Waals surface area contributed by atoms with Crippen molar-refractivity contribution in [3.8, 4) is 0 Å². The topological polar surface area (TPSA) is 49.3 Å². The third kappa shape index (κ3) is 7.15. The van der Waals surface area contributed by atoms with Crippen LogP contribution in [0.4, 0.5) is 0 Å². The molecule has 0 radical (unpaired) electrons. The summed E-state index contributed by atoms with van der Waals surface area (Å²) in [5.74, 6) is 1.55. The zero-order valence-corrected chi connectivity index (χ0v) is 22.0. The molecule has 3 heterocycles. The van der Waals surface area contributed by atoms with Crippen molar-refractivity contribution in [3.63, 3.8) is 0 Å². The van der Waals surface area contributed by atoms with Crippen molar-refractivity contribution in [1.29, 1.82) is 0 Å². The van der Waals surface area contributed by atoms with Crippen LogP contribution in [0.1, 0.15) is 22.9 Å². The molecule has 2 aliphatic rings. The molecule has 1 N–H and O–H groups in total. The molecule has 0 amide bonds. The summed E-state index contributed by atoms with van der Waals surface area (Å²) in [4.78, 5) is 10.9. The second kappa shape index (κ2) is 13.5. The fraction of sp³-hybridized carbons (Fsp3) is 0.542. The summed E-state index contributed by atoms with van der Waals surface area (Å²) in [6, 6.07) is 15.1. The van der Waals surface area contributed by atoms with E-state index < -0.39 is 0 Å². The van der Waals surface area contributed by atoms with Gasteiger partial charge >= 0.3 is 0 Å². The van der Waals surface area contributed by atoms with E-state index in [1.165, 1.54) is 10.4 Å². The number of rotatable bonds is 8. The molecule has 0 saturated carbocycles. The Hall–Kier alpha value is -1.20. The molecule has 6 nitrogen and oxygen atoms in total. The predicted molar refractivity (Wildman–Crippen MR) is 142 cm³/mol. The lowest BCUT2D eigenvalue weighted by atomic mass is 10.1. The van der Waals surface area contributed by atoms with Crippen molar-refractivity contribution in [1.82, 2.24) is 15.1 Å². The monoisotopic (exact) mass is 570 g/mol. The quantitative estimate of drug-likeness (QED) is 0.297. The minimum atomic E-state index is 0. The smallest absolute Gasteiger partial charge is 0.193 e. The van der Waals surface area contributed by atoms with Crippen LogP contribution in [0.25, 0.3) is 0 Å². The SMILES string of the molecule is CN=C(NCC(c1cccs1)N1CCOCC1)N1CCC(COCc2ccccc2)C1.I. The van der Waals surface area contributed by atoms with Crippen molar-refractivity contribution in [2.45, 2.75) is 19.1 Å². The number of nitrogens with zero attached hydrogens (tertiary/aromatic N) is 3. The van der Waals surface area contributed by atoms with Gasteiger partial charge in [0.2, 0.25) is 0 Å². The van der Waals surface area contributed by atoms with E-state index in [1.807, 2.05) is 24.5 Å². The summed E-state index contributed by atoms with van der Waals surface area (Å²) in [5, 5.41) is 5.82. The number of halogens is 1. The lowest BCUT2D eigenvalue weighted by Gasteiger charge is -2.35. The van der Waals surface area contributed by atoms with Gasteiger partial charge in [0.05, 0.1) is 32.5 Å². The van der Waals surface area contributed by atoms with Crippen molar-refractivity contribution in [2.24, 2.45) is 10.9 Å². The van der Waals surface area contributed by atoms with Crippen LogP contribution in [-0.4, -0.2) is 75.4 Å². The lowest BCUT2D eigenvalue weighted by Crippen LogP contribution is -2.47. The normalized spacial score (nSPS) is 20.7. The molecule has 2 aliphatic heterocycles. The number of guanidine groups is 1. The summed E-state index contributed by atoms with van der Waals surface area (Å²) in [6.45, 7) is 7.96. The summed E-state index contributed by atoms with van der Waals surface area (Å²) < 4.78 is 11.6. The molecule has 32 heavy (non-hydrogen) atoms. The van der Waals surface area contributed by atoms with E-state index in [4.69, 9.17) is 9.47 Å². The molecule has 2 aromatic rings. The fourth-order valence-corrected chi connectivity index (χ4v) is 5.24. The Morgan fingerprint density at radius 2 is 2.00 bits per heavy atom. The van der Waals surface area contributed by atoms with Gasteiger partial charge in [-0.25, -0.2) is 0 Å². The van der Waals surface area contributed by atoms with Gasteiger partial charge < -0.3 is 19.7 Å². The molecule has 2 unspecified atom stereocenters. The summed E-state index contributed by atoms with van der Waals surface area (Å²) >= 11 is 1.83. The van der Waals surface area contributed by atoms with Gasteiger partial charge in [-0.15, -0.1) is 35.3 Å². The highest BCUT2D eigenvalue weighted by Crippen LogP contribution is 2.26. The zero-order chi connectivity index (χ0) is 21.3. The van der Waals surface area contributed by atoms with Gasteiger partial charge in [0.15, 0.2) is 5.96 Å². The molecule has 2 fully saturated rings. The number of aliphatic imine (C=N–C) groups is 1. The number of ether oxygens (including phenoxy) is 2. The second-order valence-corrected chi connectivity index (χ2v) is 9.19. The van der Waals surface area contributed by atoms with Gasteiger partial charge in [0.1, 0.15) is 0 Å². The Morgan fingerprint density at radius 3 is 2.72 bits per heavy atom. The van der Waals surface area contributed by atoms with Gasteiger partial charge in [-0.3, -0.25) is 9.89 Å². The molecule has 1 aromatic carbocycles. The number of hydrogen-bond acceptors (Lipinski definition) is 5. The molecular formula is C24H35IN4O2S. The van der Waals surface area contributed by atoms with Crippen LogP contribution in [0.2, 0.25) is 0 Å². The van der Waals surface area contributed by atoms with E-state index in [2.05, 4.69) is 61.9 Å². The van der Waals surface area contributed by atoms with E-state index in [-0.39, 0.29) is 24.0 Å². The number of morpholine rings is 1.